The number of hydrogen-bond acceptors (Lipinski definition) is 4. The highest BCUT2D eigenvalue weighted by atomic mass is 15.4. The van der Waals surface area contributed by atoms with Crippen molar-refractivity contribution in [2.75, 3.05) is 38.2 Å². The Morgan fingerprint density at radius 2 is 1.00 bits per heavy atom. The van der Waals surface area contributed by atoms with Gasteiger partial charge in [0.2, 0.25) is 22.8 Å². The molecule has 0 aliphatic carbocycles. The molecule has 0 unspecified atom stereocenters. The summed E-state index contributed by atoms with van der Waals surface area (Å²) in [4.78, 5) is 0. The van der Waals surface area contributed by atoms with Gasteiger partial charge < -0.3 is 0 Å². The fourth-order valence-electron chi connectivity index (χ4n) is 5.77. The van der Waals surface area contributed by atoms with Crippen molar-refractivity contribution in [2.45, 2.75) is 38.5 Å². The Kier molecular flexibility index (Phi) is 6.30. The van der Waals surface area contributed by atoms with Gasteiger partial charge in [-0.25, -0.2) is 0 Å². The second-order valence-corrected chi connectivity index (χ2v) is 11.2. The molecule has 0 atom stereocenters. The van der Waals surface area contributed by atoms with Gasteiger partial charge in [-0.15, -0.1) is 0 Å². The summed E-state index contributed by atoms with van der Waals surface area (Å²) in [5.74, 6) is 0. The van der Waals surface area contributed by atoms with Gasteiger partial charge in [0, 0.05) is 37.4 Å². The molecule has 0 fully saturated rings. The third-order valence-electron chi connectivity index (χ3n) is 8.16. The van der Waals surface area contributed by atoms with Gasteiger partial charge in [0.25, 0.3) is 0 Å². The van der Waals surface area contributed by atoms with E-state index >= 15 is 0 Å². The van der Waals surface area contributed by atoms with Crippen LogP contribution in [0.15, 0.2) is 83.0 Å². The van der Waals surface area contributed by atoms with E-state index in [9.17, 15) is 0 Å². The Morgan fingerprint density at radius 1 is 0.605 bits per heavy atom. The van der Waals surface area contributed by atoms with Crippen molar-refractivity contribution in [1.82, 2.24) is 0 Å². The normalized spacial score (nSPS) is 17.5. The molecule has 2 aliphatic rings. The van der Waals surface area contributed by atoms with Crippen molar-refractivity contribution in [2.24, 2.45) is 10.2 Å². The summed E-state index contributed by atoms with van der Waals surface area (Å²) in [6.07, 6.45) is 3.97. The number of para-hydroxylation sites is 2. The molecular formula is C32H38N6+2. The van der Waals surface area contributed by atoms with E-state index in [2.05, 4.69) is 118 Å². The molecular weight excluding hydrogens is 468 g/mol. The summed E-state index contributed by atoms with van der Waals surface area (Å²) < 4.78 is 4.48. The fourth-order valence-corrected chi connectivity index (χ4v) is 5.77. The number of hydrazone groups is 2. The molecule has 0 amide bonds. The predicted molar refractivity (Wildman–Crippen MR) is 161 cm³/mol. The molecule has 6 heteroatoms. The monoisotopic (exact) mass is 506 g/mol. The largest absolute Gasteiger partial charge is 0.268 e. The van der Waals surface area contributed by atoms with Gasteiger partial charge in [0.1, 0.15) is 26.5 Å². The summed E-state index contributed by atoms with van der Waals surface area (Å²) in [7, 11) is 8.19. The van der Waals surface area contributed by atoms with Crippen LogP contribution < -0.4 is 10.0 Å². The SMILES string of the molecule is CN(/N=C/C1=[N+](C)c2ccccc2C1(C)C)c1cccc(N(C)/N=C/C2=[N+](C)c3ccccc3C2(C)C)c1. The van der Waals surface area contributed by atoms with Gasteiger partial charge in [-0.2, -0.15) is 19.4 Å². The minimum absolute atomic E-state index is 0.106. The standard InChI is InChI=1S/C32H38N6/c1-31(2)25-16-9-11-18-27(25)35(5)29(31)21-33-37(7)23-14-13-15-24(20-23)38(8)34-22-30-32(3,4)26-17-10-12-19-28(26)36(30)6/h9-22H,1-8H3/q+2. The second kappa shape index (κ2) is 9.35. The van der Waals surface area contributed by atoms with E-state index in [0.29, 0.717) is 0 Å². The molecule has 6 nitrogen and oxygen atoms in total. The van der Waals surface area contributed by atoms with Crippen LogP contribution in [0.5, 0.6) is 0 Å². The summed E-state index contributed by atoms with van der Waals surface area (Å²) in [6, 6.07) is 25.4. The molecule has 3 aromatic rings. The highest BCUT2D eigenvalue weighted by molar-refractivity contribution is 6.34. The number of rotatable bonds is 6. The van der Waals surface area contributed by atoms with Crippen LogP contribution in [0.4, 0.5) is 22.7 Å². The molecule has 0 radical (unpaired) electrons. The zero-order valence-corrected chi connectivity index (χ0v) is 23.8. The average Bonchev–Trinajstić information content (AvgIpc) is 3.23. The van der Waals surface area contributed by atoms with Crippen LogP contribution in [-0.2, 0) is 10.8 Å². The lowest BCUT2D eigenvalue weighted by molar-refractivity contribution is -0.400. The van der Waals surface area contributed by atoms with Crippen LogP contribution in [0.1, 0.15) is 38.8 Å². The Hall–Kier alpha value is -4.06. The Bertz CT molecular complexity index is 1410. The minimum Gasteiger partial charge on any atom is -0.268 e. The highest BCUT2D eigenvalue weighted by Crippen LogP contribution is 2.39. The zero-order chi connectivity index (χ0) is 27.2. The lowest BCUT2D eigenvalue weighted by Crippen LogP contribution is -2.30. The topological polar surface area (TPSA) is 37.2 Å². The second-order valence-electron chi connectivity index (χ2n) is 11.2. The van der Waals surface area contributed by atoms with Crippen molar-refractivity contribution < 1.29 is 9.15 Å². The Balaban J connectivity index is 1.35. The number of fused-ring (bicyclic) bond motifs is 2. The number of benzene rings is 3. The smallest absolute Gasteiger partial charge is 0.212 e. The Labute approximate surface area is 226 Å². The first kappa shape index (κ1) is 25.6. The Morgan fingerprint density at radius 3 is 1.39 bits per heavy atom. The van der Waals surface area contributed by atoms with Crippen molar-refractivity contribution in [3.8, 4) is 0 Å². The van der Waals surface area contributed by atoms with E-state index in [0.717, 1.165) is 11.4 Å². The molecule has 2 aliphatic heterocycles. The summed E-state index contributed by atoms with van der Waals surface area (Å²) in [5, 5.41) is 13.5. The minimum atomic E-state index is -0.106. The van der Waals surface area contributed by atoms with E-state index in [1.165, 1.54) is 33.9 Å². The van der Waals surface area contributed by atoms with Crippen LogP contribution in [0, 0.1) is 0 Å². The van der Waals surface area contributed by atoms with Gasteiger partial charge in [0.05, 0.1) is 22.2 Å². The van der Waals surface area contributed by atoms with Crippen molar-refractivity contribution in [3.63, 3.8) is 0 Å². The van der Waals surface area contributed by atoms with Gasteiger partial charge in [-0.05, 0) is 45.9 Å². The van der Waals surface area contributed by atoms with E-state index in [-0.39, 0.29) is 10.8 Å². The molecule has 0 aromatic heterocycles. The number of nitrogens with zero attached hydrogens (tertiary/aromatic N) is 6. The van der Waals surface area contributed by atoms with E-state index in [1.54, 1.807) is 0 Å². The maximum Gasteiger partial charge on any atom is 0.212 e. The third kappa shape index (κ3) is 4.14. The van der Waals surface area contributed by atoms with Gasteiger partial charge >= 0.3 is 0 Å². The quantitative estimate of drug-likeness (QED) is 0.236. The molecule has 0 spiro atoms. The van der Waals surface area contributed by atoms with Gasteiger partial charge in [0.15, 0.2) is 0 Å². The van der Waals surface area contributed by atoms with E-state index < -0.39 is 0 Å². The van der Waals surface area contributed by atoms with Gasteiger partial charge in [-0.3, -0.25) is 10.0 Å². The molecule has 0 N–H and O–H groups in total. The lowest BCUT2D eigenvalue weighted by atomic mass is 9.82. The molecule has 0 bridgehead atoms. The van der Waals surface area contributed by atoms with Crippen LogP contribution in [0.25, 0.3) is 0 Å². The fraction of sp³-hybridized carbons (Fsp3) is 0.312. The van der Waals surface area contributed by atoms with E-state index in [1.807, 2.05) is 42.6 Å². The predicted octanol–water partition coefficient (Wildman–Crippen LogP) is 5.94. The number of anilines is 2. The molecule has 0 saturated heterocycles. The molecule has 5 rings (SSSR count). The molecule has 194 valence electrons. The molecule has 38 heavy (non-hydrogen) atoms. The van der Waals surface area contributed by atoms with Crippen molar-refractivity contribution >= 4 is 46.6 Å². The summed E-state index contributed by atoms with van der Waals surface area (Å²) in [5.41, 5.74) is 9.24. The summed E-state index contributed by atoms with van der Waals surface area (Å²) >= 11 is 0. The lowest BCUT2D eigenvalue weighted by Gasteiger charge is -2.19. The van der Waals surface area contributed by atoms with Crippen molar-refractivity contribution in [1.29, 1.82) is 0 Å². The highest BCUT2D eigenvalue weighted by Gasteiger charge is 2.44. The number of hydrogen-bond donors (Lipinski definition) is 0. The van der Waals surface area contributed by atoms with Crippen LogP contribution in [0.2, 0.25) is 0 Å². The van der Waals surface area contributed by atoms with Crippen molar-refractivity contribution in [3.05, 3.63) is 83.9 Å². The first-order valence-corrected chi connectivity index (χ1v) is 13.1. The first-order valence-electron chi connectivity index (χ1n) is 13.1. The first-order chi connectivity index (χ1) is 18.0. The molecule has 2 heterocycles. The molecule has 3 aromatic carbocycles. The van der Waals surface area contributed by atoms with Crippen LogP contribution >= 0.6 is 0 Å². The zero-order valence-electron chi connectivity index (χ0n) is 23.8. The summed E-state index contributed by atoms with van der Waals surface area (Å²) in [6.45, 7) is 9.02. The van der Waals surface area contributed by atoms with Crippen LogP contribution in [0.3, 0.4) is 0 Å². The maximum atomic E-state index is 4.83. The van der Waals surface area contributed by atoms with Gasteiger partial charge in [-0.1, -0.05) is 42.5 Å². The van der Waals surface area contributed by atoms with E-state index in [4.69, 9.17) is 10.2 Å². The molecule has 0 saturated carbocycles. The maximum absolute atomic E-state index is 4.83. The van der Waals surface area contributed by atoms with Crippen LogP contribution in [-0.4, -0.2) is 61.2 Å². The third-order valence-corrected chi connectivity index (χ3v) is 8.16. The average molecular weight is 507 g/mol.